The molecule has 0 heterocycles. The number of methoxy groups -OCH3 is 1. The van der Waals surface area contributed by atoms with Crippen LogP contribution in [0.15, 0.2) is 54.6 Å². The summed E-state index contributed by atoms with van der Waals surface area (Å²) >= 11 is 0. The van der Waals surface area contributed by atoms with Gasteiger partial charge < -0.3 is 15.8 Å². The van der Waals surface area contributed by atoms with Crippen LogP contribution in [0.25, 0.3) is 6.08 Å². The summed E-state index contributed by atoms with van der Waals surface area (Å²) in [6.07, 6.45) is 3.04. The van der Waals surface area contributed by atoms with Crippen molar-refractivity contribution in [3.05, 3.63) is 65.7 Å². The molecule has 0 spiro atoms. The first-order valence-corrected chi connectivity index (χ1v) is 6.62. The van der Waals surface area contributed by atoms with Crippen LogP contribution in [0.5, 0.6) is 5.75 Å². The molecule has 2 rings (SSSR count). The lowest BCUT2D eigenvalue weighted by molar-refractivity contribution is -0.111. The molecule has 0 unspecified atom stereocenters. The van der Waals surface area contributed by atoms with E-state index in [0.29, 0.717) is 11.4 Å². The number of benzene rings is 2. The molecule has 3 N–H and O–H groups in total. The van der Waals surface area contributed by atoms with Crippen LogP contribution in [0.1, 0.15) is 15.9 Å². The zero-order valence-corrected chi connectivity index (χ0v) is 12.1. The number of nitrogens with two attached hydrogens (primary N) is 1. The molecule has 0 aliphatic carbocycles. The van der Waals surface area contributed by atoms with E-state index in [4.69, 9.17) is 10.5 Å². The van der Waals surface area contributed by atoms with Crippen molar-refractivity contribution in [2.45, 2.75) is 0 Å². The largest absolute Gasteiger partial charge is 0.497 e. The smallest absolute Gasteiger partial charge is 0.250 e. The minimum atomic E-state index is -0.590. The quantitative estimate of drug-likeness (QED) is 0.831. The van der Waals surface area contributed by atoms with Crippen LogP contribution in [0.4, 0.5) is 5.69 Å². The number of nitrogens with one attached hydrogen (secondary N) is 1. The molecule has 112 valence electrons. The first-order valence-electron chi connectivity index (χ1n) is 6.62. The Hall–Kier alpha value is -3.08. The Bertz CT molecular complexity index is 723. The highest BCUT2D eigenvalue weighted by Crippen LogP contribution is 2.15. The Morgan fingerprint density at radius 3 is 2.64 bits per heavy atom. The van der Waals surface area contributed by atoms with Crippen molar-refractivity contribution in [3.63, 3.8) is 0 Å². The molecular weight excluding hydrogens is 280 g/mol. The molecule has 5 nitrogen and oxygen atoms in total. The second-order valence-electron chi connectivity index (χ2n) is 4.51. The van der Waals surface area contributed by atoms with Crippen molar-refractivity contribution in [1.82, 2.24) is 0 Å². The van der Waals surface area contributed by atoms with E-state index >= 15 is 0 Å². The minimum absolute atomic E-state index is 0.269. The number of carbonyl (C=O) groups excluding carboxylic acids is 2. The van der Waals surface area contributed by atoms with Gasteiger partial charge in [-0.1, -0.05) is 24.3 Å². The normalized spacial score (nSPS) is 10.4. The lowest BCUT2D eigenvalue weighted by Crippen LogP contribution is -2.16. The van der Waals surface area contributed by atoms with E-state index in [9.17, 15) is 9.59 Å². The van der Waals surface area contributed by atoms with Gasteiger partial charge in [0.05, 0.1) is 18.4 Å². The summed E-state index contributed by atoms with van der Waals surface area (Å²) in [6, 6.07) is 13.9. The molecule has 0 bridgehead atoms. The molecule has 0 aromatic heterocycles. The van der Waals surface area contributed by atoms with Gasteiger partial charge in [-0.25, -0.2) is 0 Å². The van der Waals surface area contributed by atoms with Gasteiger partial charge in [-0.2, -0.15) is 0 Å². The van der Waals surface area contributed by atoms with Gasteiger partial charge in [-0.3, -0.25) is 9.59 Å². The molecule has 0 saturated heterocycles. The number of anilines is 1. The number of amides is 2. The first-order chi connectivity index (χ1) is 10.6. The molecule has 0 saturated carbocycles. The van der Waals surface area contributed by atoms with Crippen molar-refractivity contribution < 1.29 is 14.3 Å². The standard InChI is InChI=1S/C17H16N2O3/c1-22-13-6-4-5-12(11-13)9-10-16(20)19-15-8-3-2-7-14(15)17(18)21/h2-11H,1H3,(H2,18,21)(H,19,20). The number of carbonyl (C=O) groups is 2. The summed E-state index contributed by atoms with van der Waals surface area (Å²) in [5.41, 5.74) is 6.75. The third-order valence-corrected chi connectivity index (χ3v) is 2.97. The highest BCUT2D eigenvalue weighted by atomic mass is 16.5. The zero-order valence-electron chi connectivity index (χ0n) is 12.1. The summed E-state index contributed by atoms with van der Waals surface area (Å²) in [5.74, 6) is -0.231. The van der Waals surface area contributed by atoms with Crippen LogP contribution < -0.4 is 15.8 Å². The summed E-state index contributed by atoms with van der Waals surface area (Å²) < 4.78 is 5.11. The lowest BCUT2D eigenvalue weighted by Gasteiger charge is -2.06. The van der Waals surface area contributed by atoms with E-state index in [-0.39, 0.29) is 11.5 Å². The van der Waals surface area contributed by atoms with E-state index in [1.165, 1.54) is 6.08 Å². The highest BCUT2D eigenvalue weighted by Gasteiger charge is 2.08. The molecule has 0 aliphatic heterocycles. The van der Waals surface area contributed by atoms with Gasteiger partial charge in [0.25, 0.3) is 5.91 Å². The zero-order chi connectivity index (χ0) is 15.9. The molecule has 2 aromatic carbocycles. The number of hydrogen-bond acceptors (Lipinski definition) is 3. The Labute approximate surface area is 128 Å². The van der Waals surface area contributed by atoms with Crippen molar-refractivity contribution in [2.24, 2.45) is 5.73 Å². The molecule has 0 radical (unpaired) electrons. The average Bonchev–Trinajstić information content (AvgIpc) is 2.53. The van der Waals surface area contributed by atoms with Crippen LogP contribution in [0, 0.1) is 0 Å². The van der Waals surface area contributed by atoms with E-state index in [1.807, 2.05) is 18.2 Å². The van der Waals surface area contributed by atoms with Crippen LogP contribution in [-0.2, 0) is 4.79 Å². The predicted octanol–water partition coefficient (Wildman–Crippen LogP) is 2.45. The molecule has 2 amide bonds. The SMILES string of the molecule is COc1cccc(C=CC(=O)Nc2ccccc2C(N)=O)c1. The van der Waals surface area contributed by atoms with E-state index in [1.54, 1.807) is 43.5 Å². The minimum Gasteiger partial charge on any atom is -0.497 e. The third kappa shape index (κ3) is 3.96. The Morgan fingerprint density at radius 1 is 1.14 bits per heavy atom. The molecule has 2 aromatic rings. The number of rotatable bonds is 5. The van der Waals surface area contributed by atoms with Crippen LogP contribution in [0.2, 0.25) is 0 Å². The Morgan fingerprint density at radius 2 is 1.91 bits per heavy atom. The number of primary amides is 1. The summed E-state index contributed by atoms with van der Waals surface area (Å²) in [6.45, 7) is 0. The van der Waals surface area contributed by atoms with Crippen LogP contribution >= 0.6 is 0 Å². The van der Waals surface area contributed by atoms with Gasteiger partial charge in [0.1, 0.15) is 5.75 Å². The first kappa shape index (κ1) is 15.3. The fourth-order valence-electron chi connectivity index (χ4n) is 1.90. The molecular formula is C17H16N2O3. The predicted molar refractivity (Wildman–Crippen MR) is 85.6 cm³/mol. The van der Waals surface area contributed by atoms with E-state index in [2.05, 4.69) is 5.32 Å². The van der Waals surface area contributed by atoms with Gasteiger partial charge in [-0.15, -0.1) is 0 Å². The fraction of sp³-hybridized carbons (Fsp3) is 0.0588. The summed E-state index contributed by atoms with van der Waals surface area (Å²) in [4.78, 5) is 23.2. The van der Waals surface area contributed by atoms with E-state index < -0.39 is 5.91 Å². The Kier molecular flexibility index (Phi) is 4.93. The molecule has 0 atom stereocenters. The van der Waals surface area contributed by atoms with Crippen molar-refractivity contribution in [1.29, 1.82) is 0 Å². The molecule has 22 heavy (non-hydrogen) atoms. The topological polar surface area (TPSA) is 81.4 Å². The fourth-order valence-corrected chi connectivity index (χ4v) is 1.90. The van der Waals surface area contributed by atoms with Crippen molar-refractivity contribution in [3.8, 4) is 5.75 Å². The van der Waals surface area contributed by atoms with Gasteiger partial charge in [0.15, 0.2) is 0 Å². The molecule has 0 fully saturated rings. The second-order valence-corrected chi connectivity index (χ2v) is 4.51. The van der Waals surface area contributed by atoms with Crippen molar-refractivity contribution in [2.75, 3.05) is 12.4 Å². The second kappa shape index (κ2) is 7.08. The average molecular weight is 296 g/mol. The third-order valence-electron chi connectivity index (χ3n) is 2.97. The van der Waals surface area contributed by atoms with Gasteiger partial charge in [-0.05, 0) is 35.9 Å². The van der Waals surface area contributed by atoms with E-state index in [0.717, 1.165) is 5.56 Å². The van der Waals surface area contributed by atoms with Gasteiger partial charge in [0.2, 0.25) is 5.91 Å². The number of ether oxygens (including phenoxy) is 1. The monoisotopic (exact) mass is 296 g/mol. The maximum Gasteiger partial charge on any atom is 0.250 e. The lowest BCUT2D eigenvalue weighted by atomic mass is 10.1. The number of para-hydroxylation sites is 1. The summed E-state index contributed by atoms with van der Waals surface area (Å²) in [5, 5.41) is 2.63. The Balaban J connectivity index is 2.10. The highest BCUT2D eigenvalue weighted by molar-refractivity contribution is 6.07. The van der Waals surface area contributed by atoms with Crippen LogP contribution in [0.3, 0.4) is 0 Å². The van der Waals surface area contributed by atoms with Crippen LogP contribution in [-0.4, -0.2) is 18.9 Å². The maximum atomic E-state index is 11.9. The summed E-state index contributed by atoms with van der Waals surface area (Å²) in [7, 11) is 1.58. The number of hydrogen-bond donors (Lipinski definition) is 2. The molecule has 0 aliphatic rings. The maximum absolute atomic E-state index is 11.9. The van der Waals surface area contributed by atoms with Crippen molar-refractivity contribution >= 4 is 23.6 Å². The van der Waals surface area contributed by atoms with Gasteiger partial charge in [0, 0.05) is 6.08 Å². The molecule has 5 heteroatoms. The van der Waals surface area contributed by atoms with Gasteiger partial charge >= 0.3 is 0 Å².